The van der Waals surface area contributed by atoms with Gasteiger partial charge in [-0.2, -0.15) is 0 Å². The van der Waals surface area contributed by atoms with Crippen molar-refractivity contribution in [1.82, 2.24) is 5.32 Å². The predicted molar refractivity (Wildman–Crippen MR) is 84.2 cm³/mol. The topological polar surface area (TPSA) is 25.2 Å². The van der Waals surface area contributed by atoms with Crippen LogP contribution < -0.4 is 5.32 Å². The van der Waals surface area contributed by atoms with Gasteiger partial charge in [-0.05, 0) is 82.2 Å². The molecule has 0 radical (unpaired) electrons. The first-order chi connectivity index (χ1) is 9.44. The van der Waals surface area contributed by atoms with Gasteiger partial charge in [0.05, 0.1) is 6.54 Å². The molecule has 0 amide bonds. The second-order valence-corrected chi connectivity index (χ2v) is 7.08. The van der Waals surface area contributed by atoms with E-state index in [2.05, 4.69) is 45.1 Å². The van der Waals surface area contributed by atoms with E-state index in [0.717, 1.165) is 17.9 Å². The number of benzene rings is 1. The molecule has 3 rings (SSSR count). The number of furan rings is 1. The van der Waals surface area contributed by atoms with Gasteiger partial charge in [0, 0.05) is 10.9 Å². The molecule has 0 unspecified atom stereocenters. The SMILES string of the molecule is Cc1c(CNC(C)(C)C)oc2cc3c(cc12)CCCC3. The second-order valence-electron chi connectivity index (χ2n) is 7.08. The van der Waals surface area contributed by atoms with E-state index < -0.39 is 0 Å². The fourth-order valence-electron chi connectivity index (χ4n) is 3.01. The summed E-state index contributed by atoms with van der Waals surface area (Å²) in [4.78, 5) is 0. The van der Waals surface area contributed by atoms with E-state index in [9.17, 15) is 0 Å². The minimum atomic E-state index is 0.116. The molecular formula is C18H25NO. The second kappa shape index (κ2) is 4.92. The first-order valence-corrected chi connectivity index (χ1v) is 7.73. The van der Waals surface area contributed by atoms with E-state index in [1.165, 1.54) is 47.8 Å². The molecule has 1 aliphatic rings. The molecule has 2 nitrogen and oxygen atoms in total. The Morgan fingerprint density at radius 2 is 1.75 bits per heavy atom. The Balaban J connectivity index is 1.97. The number of rotatable bonds is 2. The molecule has 0 spiro atoms. The average Bonchev–Trinajstić information content (AvgIpc) is 2.70. The first-order valence-electron chi connectivity index (χ1n) is 7.73. The zero-order chi connectivity index (χ0) is 14.3. The maximum atomic E-state index is 6.10. The summed E-state index contributed by atoms with van der Waals surface area (Å²) in [5.41, 5.74) is 5.50. The molecule has 0 aliphatic heterocycles. The van der Waals surface area contributed by atoms with E-state index in [1.54, 1.807) is 0 Å². The number of nitrogens with one attached hydrogen (secondary N) is 1. The number of hydrogen-bond acceptors (Lipinski definition) is 2. The monoisotopic (exact) mass is 271 g/mol. The highest BCUT2D eigenvalue weighted by molar-refractivity contribution is 5.83. The fraction of sp³-hybridized carbons (Fsp3) is 0.556. The van der Waals surface area contributed by atoms with E-state index in [1.807, 2.05) is 0 Å². The highest BCUT2D eigenvalue weighted by Crippen LogP contribution is 2.31. The Morgan fingerprint density at radius 3 is 2.40 bits per heavy atom. The summed E-state index contributed by atoms with van der Waals surface area (Å²) in [6.45, 7) is 9.53. The lowest BCUT2D eigenvalue weighted by Gasteiger charge is -2.19. The van der Waals surface area contributed by atoms with Gasteiger partial charge in [-0.1, -0.05) is 0 Å². The van der Waals surface area contributed by atoms with Crippen LogP contribution in [0, 0.1) is 6.92 Å². The van der Waals surface area contributed by atoms with Crippen molar-refractivity contribution in [3.05, 3.63) is 34.6 Å². The van der Waals surface area contributed by atoms with Crippen LogP contribution in [-0.4, -0.2) is 5.54 Å². The van der Waals surface area contributed by atoms with Gasteiger partial charge < -0.3 is 9.73 Å². The lowest BCUT2D eigenvalue weighted by atomic mass is 9.90. The summed E-state index contributed by atoms with van der Waals surface area (Å²) in [5, 5.41) is 4.82. The van der Waals surface area contributed by atoms with Crippen LogP contribution >= 0.6 is 0 Å². The molecule has 1 aliphatic carbocycles. The lowest BCUT2D eigenvalue weighted by molar-refractivity contribution is 0.394. The first kappa shape index (κ1) is 13.7. The predicted octanol–water partition coefficient (Wildman–Crippen LogP) is 4.51. The third kappa shape index (κ3) is 2.62. The summed E-state index contributed by atoms with van der Waals surface area (Å²) in [5.74, 6) is 1.08. The van der Waals surface area contributed by atoms with Gasteiger partial charge in [0.15, 0.2) is 0 Å². The normalized spacial score (nSPS) is 15.6. The van der Waals surface area contributed by atoms with Crippen molar-refractivity contribution in [1.29, 1.82) is 0 Å². The standard InChI is InChI=1S/C18H25NO/c1-12-15-9-13-7-5-6-8-14(13)10-16(15)20-17(12)11-19-18(2,3)4/h9-10,19H,5-8,11H2,1-4H3. The molecule has 0 saturated heterocycles. The largest absolute Gasteiger partial charge is 0.459 e. The van der Waals surface area contributed by atoms with Crippen LogP contribution in [0.5, 0.6) is 0 Å². The highest BCUT2D eigenvalue weighted by atomic mass is 16.3. The summed E-state index contributed by atoms with van der Waals surface area (Å²) in [6.07, 6.45) is 5.08. The van der Waals surface area contributed by atoms with Crippen molar-refractivity contribution in [2.75, 3.05) is 0 Å². The average molecular weight is 271 g/mol. The molecule has 1 N–H and O–H groups in total. The van der Waals surface area contributed by atoms with Gasteiger partial charge in [-0.25, -0.2) is 0 Å². The van der Waals surface area contributed by atoms with Crippen LogP contribution in [0.2, 0.25) is 0 Å². The van der Waals surface area contributed by atoms with E-state index >= 15 is 0 Å². The van der Waals surface area contributed by atoms with Crippen LogP contribution in [0.25, 0.3) is 11.0 Å². The fourth-order valence-corrected chi connectivity index (χ4v) is 3.01. The number of hydrogen-bond donors (Lipinski definition) is 1. The quantitative estimate of drug-likeness (QED) is 0.869. The Kier molecular flexibility index (Phi) is 3.37. The molecule has 0 atom stereocenters. The molecule has 108 valence electrons. The van der Waals surface area contributed by atoms with Crippen LogP contribution in [0.15, 0.2) is 16.5 Å². The molecule has 0 saturated carbocycles. The summed E-state index contributed by atoms with van der Waals surface area (Å²) < 4.78 is 6.10. The van der Waals surface area contributed by atoms with Gasteiger partial charge in [0.1, 0.15) is 11.3 Å². The van der Waals surface area contributed by atoms with E-state index in [0.29, 0.717) is 0 Å². The maximum absolute atomic E-state index is 6.10. The molecule has 2 aromatic rings. The lowest BCUT2D eigenvalue weighted by Crippen LogP contribution is -2.35. The van der Waals surface area contributed by atoms with Crippen LogP contribution in [-0.2, 0) is 19.4 Å². The molecule has 1 aromatic heterocycles. The molecule has 0 bridgehead atoms. The number of aryl methyl sites for hydroxylation is 3. The minimum absolute atomic E-state index is 0.116. The van der Waals surface area contributed by atoms with Crippen LogP contribution in [0.3, 0.4) is 0 Å². The zero-order valence-corrected chi connectivity index (χ0v) is 13.1. The summed E-state index contributed by atoms with van der Waals surface area (Å²) in [7, 11) is 0. The van der Waals surface area contributed by atoms with Crippen molar-refractivity contribution in [2.45, 2.75) is 65.5 Å². The molecule has 1 aromatic carbocycles. The van der Waals surface area contributed by atoms with Crippen molar-refractivity contribution < 1.29 is 4.42 Å². The van der Waals surface area contributed by atoms with Crippen LogP contribution in [0.4, 0.5) is 0 Å². The van der Waals surface area contributed by atoms with Crippen molar-refractivity contribution in [3.8, 4) is 0 Å². The van der Waals surface area contributed by atoms with Crippen LogP contribution in [0.1, 0.15) is 56.1 Å². The smallest absolute Gasteiger partial charge is 0.134 e. The van der Waals surface area contributed by atoms with Gasteiger partial charge >= 0.3 is 0 Å². The zero-order valence-electron chi connectivity index (χ0n) is 13.1. The minimum Gasteiger partial charge on any atom is -0.459 e. The van der Waals surface area contributed by atoms with Gasteiger partial charge in [-0.3, -0.25) is 0 Å². The van der Waals surface area contributed by atoms with E-state index in [4.69, 9.17) is 4.42 Å². The molecular weight excluding hydrogens is 246 g/mol. The van der Waals surface area contributed by atoms with Crippen molar-refractivity contribution in [2.24, 2.45) is 0 Å². The maximum Gasteiger partial charge on any atom is 0.134 e. The number of fused-ring (bicyclic) bond motifs is 2. The van der Waals surface area contributed by atoms with Gasteiger partial charge in [0.25, 0.3) is 0 Å². The Bertz CT molecular complexity index is 631. The van der Waals surface area contributed by atoms with Gasteiger partial charge in [-0.15, -0.1) is 0 Å². The Morgan fingerprint density at radius 1 is 1.10 bits per heavy atom. The molecule has 2 heteroatoms. The molecule has 0 fully saturated rings. The summed E-state index contributed by atoms with van der Waals surface area (Å²) >= 11 is 0. The van der Waals surface area contributed by atoms with Crippen molar-refractivity contribution >= 4 is 11.0 Å². The van der Waals surface area contributed by atoms with Crippen molar-refractivity contribution in [3.63, 3.8) is 0 Å². The Hall–Kier alpha value is -1.28. The molecule has 20 heavy (non-hydrogen) atoms. The van der Waals surface area contributed by atoms with E-state index in [-0.39, 0.29) is 5.54 Å². The summed E-state index contributed by atoms with van der Waals surface area (Å²) in [6, 6.07) is 4.64. The molecule has 1 heterocycles. The Labute approximate surface area is 121 Å². The van der Waals surface area contributed by atoms with Gasteiger partial charge in [0.2, 0.25) is 0 Å². The third-order valence-corrected chi connectivity index (χ3v) is 4.28. The third-order valence-electron chi connectivity index (χ3n) is 4.28. The highest BCUT2D eigenvalue weighted by Gasteiger charge is 2.17.